The Bertz CT molecular complexity index is 1300. The van der Waals surface area contributed by atoms with E-state index in [1.165, 1.54) is 22.3 Å². The van der Waals surface area contributed by atoms with Gasteiger partial charge in [-0.1, -0.05) is 66.7 Å². The van der Waals surface area contributed by atoms with Gasteiger partial charge in [0.05, 0.1) is 6.04 Å². The van der Waals surface area contributed by atoms with Gasteiger partial charge in [0, 0.05) is 19.1 Å². The predicted octanol–water partition coefficient (Wildman–Crippen LogP) is 6.14. The van der Waals surface area contributed by atoms with Gasteiger partial charge >= 0.3 is 0 Å². The number of carbonyl (C=O) groups is 1. The molecule has 184 valence electrons. The fourth-order valence-corrected chi connectivity index (χ4v) is 4.81. The molecule has 1 amide bonds. The van der Waals surface area contributed by atoms with Crippen LogP contribution in [-0.2, 0) is 19.6 Å². The van der Waals surface area contributed by atoms with Crippen molar-refractivity contribution in [3.8, 4) is 5.75 Å². The molecule has 1 unspecified atom stereocenters. The first-order valence-corrected chi connectivity index (χ1v) is 12.5. The van der Waals surface area contributed by atoms with Crippen LogP contribution in [0.5, 0.6) is 5.75 Å². The van der Waals surface area contributed by atoms with Crippen LogP contribution in [0.1, 0.15) is 58.5 Å². The predicted molar refractivity (Wildman–Crippen MR) is 141 cm³/mol. The summed E-state index contributed by atoms with van der Waals surface area (Å²) in [5.41, 5.74) is 5.21. The normalized spacial score (nSPS) is 15.5. The second-order valence-corrected chi connectivity index (χ2v) is 9.56. The van der Waals surface area contributed by atoms with Gasteiger partial charge in [0.25, 0.3) is 5.91 Å². The second kappa shape index (κ2) is 10.8. The van der Waals surface area contributed by atoms with Gasteiger partial charge in [-0.25, -0.2) is 0 Å². The minimum atomic E-state index is -0.214. The van der Waals surface area contributed by atoms with Crippen LogP contribution in [-0.4, -0.2) is 23.4 Å². The third-order valence-corrected chi connectivity index (χ3v) is 6.48. The maximum atomic E-state index is 12.2. The Morgan fingerprint density at radius 3 is 2.50 bits per heavy atom. The third-order valence-electron chi connectivity index (χ3n) is 6.48. The van der Waals surface area contributed by atoms with Crippen LogP contribution in [0.4, 0.5) is 0 Å². The number of furan rings is 1. The molecule has 3 aromatic carbocycles. The standard InChI is InChI=1S/C31H32N2O3/c1-22(2)32-31(34)29-16-15-27(36-29)21-35-26-14-13-24-17-18-33(20-23-9-5-3-6-10-23)30(28(24)19-26)25-11-7-4-8-12-25/h3-16,19,22,30H,17-18,20-21H2,1-2H3,(H,32,34). The van der Waals surface area contributed by atoms with E-state index < -0.39 is 0 Å². The summed E-state index contributed by atoms with van der Waals surface area (Å²) in [6, 6.07) is 31.4. The average Bonchev–Trinajstić information content (AvgIpc) is 3.37. The van der Waals surface area contributed by atoms with Gasteiger partial charge in [-0.2, -0.15) is 0 Å². The van der Waals surface area contributed by atoms with Gasteiger partial charge in [-0.15, -0.1) is 0 Å². The largest absolute Gasteiger partial charge is 0.486 e. The highest BCUT2D eigenvalue weighted by Gasteiger charge is 2.29. The minimum Gasteiger partial charge on any atom is -0.486 e. The van der Waals surface area contributed by atoms with Crippen LogP contribution in [0.3, 0.4) is 0 Å². The summed E-state index contributed by atoms with van der Waals surface area (Å²) in [4.78, 5) is 14.7. The highest BCUT2D eigenvalue weighted by atomic mass is 16.5. The lowest BCUT2D eigenvalue weighted by molar-refractivity contribution is 0.0911. The number of ether oxygens (including phenoxy) is 1. The number of nitrogens with zero attached hydrogens (tertiary/aromatic N) is 1. The molecule has 0 bridgehead atoms. The van der Waals surface area contributed by atoms with Crippen LogP contribution in [0.25, 0.3) is 0 Å². The fourth-order valence-electron chi connectivity index (χ4n) is 4.81. The second-order valence-electron chi connectivity index (χ2n) is 9.56. The molecule has 0 aliphatic carbocycles. The zero-order valence-corrected chi connectivity index (χ0v) is 20.8. The number of nitrogens with one attached hydrogen (secondary N) is 1. The lowest BCUT2D eigenvalue weighted by Crippen LogP contribution is -2.35. The van der Waals surface area contributed by atoms with Gasteiger partial charge in [0.2, 0.25) is 0 Å². The van der Waals surface area contributed by atoms with E-state index in [0.717, 1.165) is 25.3 Å². The van der Waals surface area contributed by atoms with E-state index in [1.54, 1.807) is 12.1 Å². The molecule has 1 aliphatic heterocycles. The van der Waals surface area contributed by atoms with Crippen molar-refractivity contribution in [3.63, 3.8) is 0 Å². The molecule has 4 aromatic rings. The van der Waals surface area contributed by atoms with Crippen molar-refractivity contribution >= 4 is 5.91 Å². The van der Waals surface area contributed by atoms with Crippen LogP contribution >= 0.6 is 0 Å². The van der Waals surface area contributed by atoms with Crippen molar-refractivity contribution in [2.45, 2.75) is 45.5 Å². The summed E-state index contributed by atoms with van der Waals surface area (Å²) in [6.45, 7) is 5.99. The maximum Gasteiger partial charge on any atom is 0.287 e. The van der Waals surface area contributed by atoms with E-state index in [2.05, 4.69) is 83.0 Å². The van der Waals surface area contributed by atoms with E-state index >= 15 is 0 Å². The van der Waals surface area contributed by atoms with Crippen LogP contribution in [0.2, 0.25) is 0 Å². The molecule has 5 nitrogen and oxygen atoms in total. The first kappa shape index (κ1) is 23.9. The van der Waals surface area contributed by atoms with Crippen molar-refractivity contribution in [1.29, 1.82) is 0 Å². The molecule has 1 aliphatic rings. The molecule has 1 aromatic heterocycles. The Hall–Kier alpha value is -3.83. The Morgan fingerprint density at radius 1 is 1.00 bits per heavy atom. The monoisotopic (exact) mass is 480 g/mol. The van der Waals surface area contributed by atoms with E-state index in [0.29, 0.717) is 11.5 Å². The Morgan fingerprint density at radius 2 is 1.75 bits per heavy atom. The summed E-state index contributed by atoms with van der Waals surface area (Å²) in [6.07, 6.45) is 0.998. The van der Waals surface area contributed by atoms with Crippen molar-refractivity contribution in [1.82, 2.24) is 10.2 Å². The highest BCUT2D eigenvalue weighted by molar-refractivity contribution is 5.91. The fraction of sp³-hybridized carbons (Fsp3) is 0.258. The number of fused-ring (bicyclic) bond motifs is 1. The first-order valence-electron chi connectivity index (χ1n) is 12.5. The molecule has 0 fully saturated rings. The van der Waals surface area contributed by atoms with E-state index in [1.807, 2.05) is 19.9 Å². The maximum absolute atomic E-state index is 12.2. The summed E-state index contributed by atoms with van der Waals surface area (Å²) in [7, 11) is 0. The molecule has 2 heterocycles. The van der Waals surface area contributed by atoms with Crippen molar-refractivity contribution in [2.24, 2.45) is 0 Å². The minimum absolute atomic E-state index is 0.0526. The first-order chi connectivity index (χ1) is 17.6. The summed E-state index contributed by atoms with van der Waals surface area (Å²) in [5, 5.41) is 2.84. The lowest BCUT2D eigenvalue weighted by Gasteiger charge is -2.38. The molecule has 5 heteroatoms. The Balaban J connectivity index is 1.37. The summed E-state index contributed by atoms with van der Waals surface area (Å²) < 4.78 is 11.8. The van der Waals surface area contributed by atoms with E-state index in [9.17, 15) is 4.79 Å². The molecule has 0 saturated carbocycles. The molecule has 1 N–H and O–H groups in total. The molecule has 5 rings (SSSR count). The smallest absolute Gasteiger partial charge is 0.287 e. The third kappa shape index (κ3) is 5.52. The number of hydrogen-bond donors (Lipinski definition) is 1. The summed E-state index contributed by atoms with van der Waals surface area (Å²) >= 11 is 0. The summed E-state index contributed by atoms with van der Waals surface area (Å²) in [5.74, 6) is 1.50. The van der Waals surface area contributed by atoms with Crippen molar-refractivity contribution in [2.75, 3.05) is 6.54 Å². The molecular weight excluding hydrogens is 448 g/mol. The van der Waals surface area contributed by atoms with Gasteiger partial charge in [0.1, 0.15) is 18.1 Å². The van der Waals surface area contributed by atoms with Crippen molar-refractivity contribution in [3.05, 3.63) is 125 Å². The highest BCUT2D eigenvalue weighted by Crippen LogP contribution is 2.38. The Labute approximate surface area is 212 Å². The number of rotatable bonds is 8. The van der Waals surface area contributed by atoms with E-state index in [4.69, 9.17) is 9.15 Å². The molecule has 1 atom stereocenters. The molecule has 36 heavy (non-hydrogen) atoms. The SMILES string of the molecule is CC(C)NC(=O)c1ccc(COc2ccc3c(c2)C(c2ccccc2)N(Cc2ccccc2)CC3)o1. The molecule has 0 saturated heterocycles. The van der Waals surface area contributed by atoms with Gasteiger partial charge in [-0.05, 0) is 66.8 Å². The van der Waals surface area contributed by atoms with Crippen LogP contribution < -0.4 is 10.1 Å². The van der Waals surface area contributed by atoms with E-state index in [-0.39, 0.29) is 24.6 Å². The zero-order chi connectivity index (χ0) is 24.9. The van der Waals surface area contributed by atoms with Gasteiger partial charge < -0.3 is 14.5 Å². The number of carbonyl (C=O) groups excluding carboxylic acids is 1. The topological polar surface area (TPSA) is 54.7 Å². The lowest BCUT2D eigenvalue weighted by atomic mass is 9.87. The Kier molecular flexibility index (Phi) is 7.19. The van der Waals surface area contributed by atoms with Crippen LogP contribution in [0, 0.1) is 0 Å². The number of benzene rings is 3. The van der Waals surface area contributed by atoms with Gasteiger partial charge in [0.15, 0.2) is 5.76 Å². The number of hydrogen-bond acceptors (Lipinski definition) is 4. The zero-order valence-electron chi connectivity index (χ0n) is 20.8. The molecule has 0 spiro atoms. The molecule has 0 radical (unpaired) electrons. The number of amides is 1. The van der Waals surface area contributed by atoms with Crippen molar-refractivity contribution < 1.29 is 13.9 Å². The molecular formula is C31H32N2O3. The van der Waals surface area contributed by atoms with Crippen LogP contribution in [0.15, 0.2) is 95.4 Å². The average molecular weight is 481 g/mol. The quantitative estimate of drug-likeness (QED) is 0.329. The van der Waals surface area contributed by atoms with Gasteiger partial charge in [-0.3, -0.25) is 9.69 Å².